The summed E-state index contributed by atoms with van der Waals surface area (Å²) in [6.07, 6.45) is 6.67. The monoisotopic (exact) mass is 360 g/mol. The molecule has 3 aromatic rings. The fraction of sp³-hybridized carbons (Fsp3) is 0.105. The van der Waals surface area contributed by atoms with E-state index in [1.54, 1.807) is 12.1 Å². The topological polar surface area (TPSA) is 94.3 Å². The molecule has 0 saturated heterocycles. The number of amides is 1. The average molecular weight is 360 g/mol. The number of carbonyl (C=O) groups is 1. The van der Waals surface area contributed by atoms with E-state index in [9.17, 15) is 4.79 Å². The molecule has 0 unspecified atom stereocenters. The highest BCUT2D eigenvalue weighted by Gasteiger charge is 2.08. The first-order valence-corrected chi connectivity index (χ1v) is 8.06. The zero-order valence-electron chi connectivity index (χ0n) is 14.3. The highest BCUT2D eigenvalue weighted by Crippen LogP contribution is 2.15. The molecule has 0 fully saturated rings. The van der Waals surface area contributed by atoms with Crippen molar-refractivity contribution in [3.63, 3.8) is 0 Å². The molecule has 0 saturated carbocycles. The Morgan fingerprint density at radius 1 is 1.22 bits per heavy atom. The summed E-state index contributed by atoms with van der Waals surface area (Å²) in [6, 6.07) is 16.6. The fourth-order valence-corrected chi connectivity index (χ4v) is 2.19. The number of nitrogens with one attached hydrogen (secondary N) is 1. The number of nitrogens with zero attached hydrogens (tertiary/aromatic N) is 5. The van der Waals surface area contributed by atoms with Gasteiger partial charge in [0.1, 0.15) is 18.9 Å². The van der Waals surface area contributed by atoms with Crippen molar-refractivity contribution in [2.24, 2.45) is 5.10 Å². The number of tetrazole rings is 1. The predicted octanol–water partition coefficient (Wildman–Crippen LogP) is 1.50. The lowest BCUT2D eigenvalue weighted by Gasteiger charge is -2.05. The van der Waals surface area contributed by atoms with Crippen molar-refractivity contribution in [3.05, 3.63) is 60.2 Å². The maximum absolute atomic E-state index is 12.0. The van der Waals surface area contributed by atoms with Crippen LogP contribution in [0.2, 0.25) is 0 Å². The third-order valence-electron chi connectivity index (χ3n) is 3.39. The third kappa shape index (κ3) is 4.99. The van der Waals surface area contributed by atoms with Gasteiger partial charge < -0.3 is 4.74 Å². The Bertz CT molecular complexity index is 975. The van der Waals surface area contributed by atoms with Crippen LogP contribution in [0.1, 0.15) is 5.56 Å². The summed E-state index contributed by atoms with van der Waals surface area (Å²) in [4.78, 5) is 13.2. The molecule has 27 heavy (non-hydrogen) atoms. The summed E-state index contributed by atoms with van der Waals surface area (Å²) < 4.78 is 5.41. The number of ether oxygens (including phenoxy) is 1. The van der Waals surface area contributed by atoms with E-state index in [0.717, 1.165) is 5.56 Å². The molecule has 8 nitrogen and oxygen atoms in total. The van der Waals surface area contributed by atoms with Gasteiger partial charge in [-0.25, -0.2) is 5.43 Å². The van der Waals surface area contributed by atoms with Gasteiger partial charge in [-0.1, -0.05) is 48.4 Å². The highest BCUT2D eigenvalue weighted by molar-refractivity contribution is 5.85. The van der Waals surface area contributed by atoms with Crippen LogP contribution in [0, 0.1) is 12.3 Å². The van der Waals surface area contributed by atoms with Crippen LogP contribution in [0.5, 0.6) is 5.75 Å². The van der Waals surface area contributed by atoms with Crippen LogP contribution < -0.4 is 10.2 Å². The van der Waals surface area contributed by atoms with Gasteiger partial charge in [0.2, 0.25) is 5.82 Å². The summed E-state index contributed by atoms with van der Waals surface area (Å²) >= 11 is 0. The molecule has 0 aliphatic heterocycles. The van der Waals surface area contributed by atoms with Crippen LogP contribution in [0.4, 0.5) is 0 Å². The van der Waals surface area contributed by atoms with E-state index in [2.05, 4.69) is 31.9 Å². The van der Waals surface area contributed by atoms with Gasteiger partial charge in [-0.15, -0.1) is 16.6 Å². The molecule has 0 spiro atoms. The van der Waals surface area contributed by atoms with Crippen molar-refractivity contribution in [2.45, 2.75) is 6.54 Å². The summed E-state index contributed by atoms with van der Waals surface area (Å²) in [5, 5.41) is 15.9. The van der Waals surface area contributed by atoms with Gasteiger partial charge in [0.15, 0.2) is 0 Å². The number of hydrogen-bond acceptors (Lipinski definition) is 6. The Morgan fingerprint density at radius 3 is 2.81 bits per heavy atom. The van der Waals surface area contributed by atoms with Crippen molar-refractivity contribution in [2.75, 3.05) is 6.61 Å². The van der Waals surface area contributed by atoms with Crippen molar-refractivity contribution < 1.29 is 9.53 Å². The van der Waals surface area contributed by atoms with Crippen LogP contribution in [0.25, 0.3) is 11.4 Å². The molecule has 3 rings (SSSR count). The summed E-state index contributed by atoms with van der Waals surface area (Å²) in [6.45, 7) is 0.0470. The van der Waals surface area contributed by atoms with Gasteiger partial charge >= 0.3 is 0 Å². The zero-order valence-corrected chi connectivity index (χ0v) is 14.3. The standard InChI is InChI=1S/C19H16N6O2/c1-2-12-27-17-11-7-6-10-16(17)13-20-21-18(26)14-25-23-19(22-24-25)15-8-4-3-5-9-15/h1,3-11,13H,12,14H2,(H,21,26)/b20-13-. The quantitative estimate of drug-likeness (QED) is 0.391. The van der Waals surface area contributed by atoms with Gasteiger partial charge in [0.25, 0.3) is 5.91 Å². The van der Waals surface area contributed by atoms with Crippen molar-refractivity contribution in [3.8, 4) is 29.5 Å². The number of hydrogen-bond donors (Lipinski definition) is 1. The number of carbonyl (C=O) groups excluding carboxylic acids is 1. The summed E-state index contributed by atoms with van der Waals surface area (Å²) in [5.74, 6) is 3.05. The fourth-order valence-electron chi connectivity index (χ4n) is 2.19. The Hall–Kier alpha value is -3.99. The Kier molecular flexibility index (Phi) is 5.89. The van der Waals surface area contributed by atoms with Crippen molar-refractivity contribution in [1.82, 2.24) is 25.6 Å². The molecule has 134 valence electrons. The Labute approximate surface area is 155 Å². The first-order valence-electron chi connectivity index (χ1n) is 8.06. The van der Waals surface area contributed by atoms with Gasteiger partial charge in [0, 0.05) is 11.1 Å². The molecule has 1 heterocycles. The lowest BCUT2D eigenvalue weighted by Crippen LogP contribution is -2.24. The van der Waals surface area contributed by atoms with E-state index in [4.69, 9.17) is 11.2 Å². The normalized spacial score (nSPS) is 10.5. The smallest absolute Gasteiger partial charge is 0.263 e. The average Bonchev–Trinajstić information content (AvgIpc) is 3.16. The molecular formula is C19H16N6O2. The lowest BCUT2D eigenvalue weighted by molar-refractivity contribution is -0.122. The second kappa shape index (κ2) is 8.92. The molecule has 1 N–H and O–H groups in total. The molecule has 0 aliphatic carbocycles. The summed E-state index contributed by atoms with van der Waals surface area (Å²) in [5.41, 5.74) is 3.94. The first kappa shape index (κ1) is 17.8. The second-order valence-corrected chi connectivity index (χ2v) is 5.33. The summed E-state index contributed by atoms with van der Waals surface area (Å²) in [7, 11) is 0. The maximum atomic E-state index is 12.0. The number of hydrazone groups is 1. The Morgan fingerprint density at radius 2 is 2.00 bits per heavy atom. The van der Waals surface area contributed by atoms with E-state index < -0.39 is 0 Å². The highest BCUT2D eigenvalue weighted by atomic mass is 16.5. The third-order valence-corrected chi connectivity index (χ3v) is 3.39. The van der Waals surface area contributed by atoms with Crippen LogP contribution in [0.15, 0.2) is 59.7 Å². The Balaban J connectivity index is 1.57. The number of para-hydroxylation sites is 1. The minimum absolute atomic E-state index is 0.105. The minimum Gasteiger partial charge on any atom is -0.480 e. The van der Waals surface area contributed by atoms with Crippen molar-refractivity contribution >= 4 is 12.1 Å². The predicted molar refractivity (Wildman–Crippen MR) is 99.8 cm³/mol. The van der Waals surface area contributed by atoms with Crippen LogP contribution >= 0.6 is 0 Å². The van der Waals surface area contributed by atoms with Gasteiger partial charge in [-0.2, -0.15) is 9.90 Å². The number of benzene rings is 2. The molecule has 0 bridgehead atoms. The molecule has 0 atom stereocenters. The number of rotatable bonds is 7. The second-order valence-electron chi connectivity index (χ2n) is 5.33. The molecule has 2 aromatic carbocycles. The lowest BCUT2D eigenvalue weighted by atomic mass is 10.2. The zero-order chi connectivity index (χ0) is 18.9. The molecule has 0 aliphatic rings. The van der Waals surface area contributed by atoms with Crippen LogP contribution in [-0.2, 0) is 11.3 Å². The van der Waals surface area contributed by atoms with E-state index >= 15 is 0 Å². The van der Waals surface area contributed by atoms with Crippen molar-refractivity contribution in [1.29, 1.82) is 0 Å². The van der Waals surface area contributed by atoms with Gasteiger partial charge in [0.05, 0.1) is 6.21 Å². The van der Waals surface area contributed by atoms with E-state index in [0.29, 0.717) is 17.1 Å². The molecular weight excluding hydrogens is 344 g/mol. The first-order chi connectivity index (χ1) is 13.3. The van der Waals surface area contributed by atoms with Gasteiger partial charge in [-0.3, -0.25) is 4.79 Å². The SMILES string of the molecule is C#CCOc1ccccc1/C=N\NC(=O)Cn1nnc(-c2ccccc2)n1. The molecule has 8 heteroatoms. The van der Waals surface area contributed by atoms with Gasteiger partial charge in [-0.05, 0) is 17.3 Å². The number of terminal acetylenes is 1. The minimum atomic E-state index is -0.384. The molecule has 1 amide bonds. The van der Waals surface area contributed by atoms with Crippen LogP contribution in [0.3, 0.4) is 0 Å². The largest absolute Gasteiger partial charge is 0.480 e. The molecule has 0 radical (unpaired) electrons. The van der Waals surface area contributed by atoms with E-state index in [1.807, 2.05) is 42.5 Å². The van der Waals surface area contributed by atoms with E-state index in [1.165, 1.54) is 11.0 Å². The van der Waals surface area contributed by atoms with Crippen LogP contribution in [-0.4, -0.2) is 38.9 Å². The van der Waals surface area contributed by atoms with E-state index in [-0.39, 0.29) is 19.1 Å². The number of aromatic nitrogens is 4. The molecule has 1 aromatic heterocycles. The maximum Gasteiger partial charge on any atom is 0.263 e.